The molecule has 1 nitrogen and oxygen atoms in total. The summed E-state index contributed by atoms with van der Waals surface area (Å²) in [6.07, 6.45) is -9.92. The number of benzene rings is 1. The van der Waals surface area contributed by atoms with Crippen LogP contribution in [-0.4, -0.2) is 5.11 Å². The molecule has 0 spiro atoms. The van der Waals surface area contributed by atoms with Gasteiger partial charge in [0.05, 0.1) is 17.7 Å². The first kappa shape index (κ1) is 14.8. The summed E-state index contributed by atoms with van der Waals surface area (Å²) >= 11 is 0. The van der Waals surface area contributed by atoms with Crippen LogP contribution in [0.3, 0.4) is 0 Å². The van der Waals surface area contributed by atoms with Crippen LogP contribution in [0.4, 0.5) is 26.3 Å². The molecule has 102 valence electrons. The summed E-state index contributed by atoms with van der Waals surface area (Å²) in [4.78, 5) is 0. The van der Waals surface area contributed by atoms with E-state index < -0.39 is 35.6 Å². The Morgan fingerprint density at radius 3 is 1.89 bits per heavy atom. The van der Waals surface area contributed by atoms with Crippen molar-refractivity contribution in [2.24, 2.45) is 0 Å². The molecule has 0 radical (unpaired) electrons. The second kappa shape index (κ2) is 4.79. The van der Waals surface area contributed by atoms with Crippen LogP contribution in [-0.2, 0) is 25.4 Å². The lowest BCUT2D eigenvalue weighted by Gasteiger charge is -2.20. The molecule has 18 heavy (non-hydrogen) atoms. The summed E-state index contributed by atoms with van der Waals surface area (Å²) in [5.41, 5.74) is -4.22. The normalized spacial score (nSPS) is 12.9. The van der Waals surface area contributed by atoms with Crippen molar-refractivity contribution in [3.8, 4) is 0 Å². The highest BCUT2D eigenvalue weighted by atomic mass is 19.4. The molecule has 0 aliphatic heterocycles. The quantitative estimate of drug-likeness (QED) is 0.812. The average molecular weight is 272 g/mol. The zero-order valence-electron chi connectivity index (χ0n) is 9.28. The fourth-order valence-corrected chi connectivity index (χ4v) is 1.77. The van der Waals surface area contributed by atoms with Crippen LogP contribution in [0.5, 0.6) is 0 Å². The third-order valence-electron chi connectivity index (χ3n) is 2.53. The van der Waals surface area contributed by atoms with Gasteiger partial charge in [-0.1, -0.05) is 13.0 Å². The summed E-state index contributed by atoms with van der Waals surface area (Å²) in [5, 5.41) is 8.85. The zero-order valence-corrected chi connectivity index (χ0v) is 9.28. The Morgan fingerprint density at radius 1 is 1.00 bits per heavy atom. The number of rotatable bonds is 2. The van der Waals surface area contributed by atoms with Crippen molar-refractivity contribution in [1.82, 2.24) is 0 Å². The van der Waals surface area contributed by atoms with E-state index >= 15 is 0 Å². The van der Waals surface area contributed by atoms with Crippen molar-refractivity contribution in [3.05, 3.63) is 34.4 Å². The Bertz CT molecular complexity index is 432. The van der Waals surface area contributed by atoms with E-state index in [1.807, 2.05) is 0 Å². The average Bonchev–Trinajstić information content (AvgIpc) is 2.24. The predicted molar refractivity (Wildman–Crippen MR) is 51.7 cm³/mol. The van der Waals surface area contributed by atoms with Gasteiger partial charge in [-0.15, -0.1) is 0 Å². The van der Waals surface area contributed by atoms with Gasteiger partial charge in [0.1, 0.15) is 0 Å². The molecule has 0 aliphatic rings. The Balaban J connectivity index is 3.64. The number of alkyl halides is 6. The maximum atomic E-state index is 12.8. The third kappa shape index (κ3) is 2.77. The van der Waals surface area contributed by atoms with E-state index in [1.54, 1.807) is 0 Å². The van der Waals surface area contributed by atoms with Crippen LogP contribution >= 0.6 is 0 Å². The number of aliphatic hydroxyl groups is 1. The predicted octanol–water partition coefficient (Wildman–Crippen LogP) is 3.78. The van der Waals surface area contributed by atoms with Crippen LogP contribution in [0.2, 0.25) is 0 Å². The van der Waals surface area contributed by atoms with Gasteiger partial charge >= 0.3 is 12.4 Å². The molecule has 1 aromatic carbocycles. The van der Waals surface area contributed by atoms with Gasteiger partial charge in [-0.05, 0) is 18.1 Å². The SMILES string of the molecule is CCc1ccc(C(F)(F)F)c(CO)c1C(F)(F)F. The molecule has 0 atom stereocenters. The van der Waals surface area contributed by atoms with Crippen LogP contribution in [0.15, 0.2) is 12.1 Å². The van der Waals surface area contributed by atoms with Crippen molar-refractivity contribution in [1.29, 1.82) is 0 Å². The van der Waals surface area contributed by atoms with Gasteiger partial charge in [-0.3, -0.25) is 0 Å². The van der Waals surface area contributed by atoms with E-state index in [0.29, 0.717) is 6.07 Å². The van der Waals surface area contributed by atoms with E-state index in [9.17, 15) is 26.3 Å². The second-order valence-electron chi connectivity index (χ2n) is 3.63. The molecule has 1 aromatic rings. The van der Waals surface area contributed by atoms with Gasteiger partial charge in [-0.25, -0.2) is 0 Å². The molecule has 0 heterocycles. The third-order valence-corrected chi connectivity index (χ3v) is 2.53. The van der Waals surface area contributed by atoms with Gasteiger partial charge in [0.25, 0.3) is 0 Å². The number of halogens is 6. The minimum Gasteiger partial charge on any atom is -0.392 e. The molecule has 0 aromatic heterocycles. The molecule has 0 aliphatic carbocycles. The smallest absolute Gasteiger partial charge is 0.392 e. The molecule has 1 rings (SSSR count). The first-order chi connectivity index (χ1) is 8.12. The highest BCUT2D eigenvalue weighted by molar-refractivity contribution is 5.44. The van der Waals surface area contributed by atoms with Gasteiger partial charge < -0.3 is 5.11 Å². The van der Waals surface area contributed by atoms with E-state index in [1.165, 1.54) is 6.92 Å². The molecule has 1 N–H and O–H groups in total. The minimum absolute atomic E-state index is 0.0695. The Kier molecular flexibility index (Phi) is 3.95. The number of aryl methyl sites for hydroxylation is 1. The topological polar surface area (TPSA) is 20.2 Å². The first-order valence-electron chi connectivity index (χ1n) is 5.03. The van der Waals surface area contributed by atoms with Crippen molar-refractivity contribution >= 4 is 0 Å². The van der Waals surface area contributed by atoms with E-state index in [4.69, 9.17) is 5.11 Å². The van der Waals surface area contributed by atoms with Crippen molar-refractivity contribution in [2.75, 3.05) is 0 Å². The first-order valence-corrected chi connectivity index (χ1v) is 5.03. The fourth-order valence-electron chi connectivity index (χ4n) is 1.77. The molecule has 0 bridgehead atoms. The van der Waals surface area contributed by atoms with E-state index in [2.05, 4.69) is 0 Å². The molecule has 0 unspecified atom stereocenters. The standard InChI is InChI=1S/C11H10F6O/c1-2-6-3-4-8(10(12,13)14)7(5-18)9(6)11(15,16)17/h3-4,18H,2,5H2,1H3. The largest absolute Gasteiger partial charge is 0.417 e. The maximum Gasteiger partial charge on any atom is 0.417 e. The second-order valence-corrected chi connectivity index (χ2v) is 3.63. The highest BCUT2D eigenvalue weighted by Gasteiger charge is 2.41. The van der Waals surface area contributed by atoms with Crippen LogP contribution in [0.1, 0.15) is 29.2 Å². The lowest BCUT2D eigenvalue weighted by Crippen LogP contribution is -2.18. The maximum absolute atomic E-state index is 12.8. The van der Waals surface area contributed by atoms with Gasteiger partial charge in [0.15, 0.2) is 0 Å². The fraction of sp³-hybridized carbons (Fsp3) is 0.455. The van der Waals surface area contributed by atoms with Crippen LogP contribution in [0.25, 0.3) is 0 Å². The Hall–Kier alpha value is -1.24. The molecule has 0 saturated carbocycles. The number of hydrogen-bond acceptors (Lipinski definition) is 1. The van der Waals surface area contributed by atoms with E-state index in [-0.39, 0.29) is 12.0 Å². The van der Waals surface area contributed by atoms with Gasteiger partial charge in [0, 0.05) is 5.56 Å². The number of aliphatic hydroxyl groups excluding tert-OH is 1. The molecule has 0 amide bonds. The summed E-state index contributed by atoms with van der Waals surface area (Å²) in [6.45, 7) is 0.0938. The Labute approximate surface area is 99.0 Å². The van der Waals surface area contributed by atoms with Gasteiger partial charge in [-0.2, -0.15) is 26.3 Å². The summed E-state index contributed by atoms with van der Waals surface area (Å²) in [5.74, 6) is 0. The molecular weight excluding hydrogens is 262 g/mol. The molecule has 0 saturated heterocycles. The highest BCUT2D eigenvalue weighted by Crippen LogP contribution is 2.41. The minimum atomic E-state index is -4.93. The van der Waals surface area contributed by atoms with Crippen molar-refractivity contribution in [3.63, 3.8) is 0 Å². The summed E-state index contributed by atoms with van der Waals surface area (Å²) in [7, 11) is 0. The monoisotopic (exact) mass is 272 g/mol. The van der Waals surface area contributed by atoms with Crippen molar-refractivity contribution in [2.45, 2.75) is 32.3 Å². The Morgan fingerprint density at radius 2 is 1.56 bits per heavy atom. The molecule has 0 fully saturated rings. The van der Waals surface area contributed by atoms with Gasteiger partial charge in [0.2, 0.25) is 0 Å². The lowest BCUT2D eigenvalue weighted by atomic mass is 9.94. The lowest BCUT2D eigenvalue weighted by molar-refractivity contribution is -0.145. The molecule has 7 heteroatoms. The number of hydrogen-bond donors (Lipinski definition) is 1. The summed E-state index contributed by atoms with van der Waals surface area (Å²) in [6, 6.07) is 1.37. The summed E-state index contributed by atoms with van der Waals surface area (Å²) < 4.78 is 76.0. The van der Waals surface area contributed by atoms with Crippen LogP contribution in [0, 0.1) is 0 Å². The van der Waals surface area contributed by atoms with E-state index in [0.717, 1.165) is 6.07 Å². The molecular formula is C11H10F6O. The zero-order chi connectivity index (χ0) is 14.1. The van der Waals surface area contributed by atoms with Crippen LogP contribution < -0.4 is 0 Å². The van der Waals surface area contributed by atoms with Crippen molar-refractivity contribution < 1.29 is 31.4 Å².